The molecule has 0 saturated carbocycles. The minimum absolute atomic E-state index is 1.03. The first-order chi connectivity index (χ1) is 3.92. The second-order valence-corrected chi connectivity index (χ2v) is 3.07. The van der Waals surface area contributed by atoms with Gasteiger partial charge in [0.15, 0.2) is 0 Å². The highest BCUT2D eigenvalue weighted by Gasteiger charge is 2.49. The van der Waals surface area contributed by atoms with Gasteiger partial charge >= 0.3 is 0 Å². The van der Waals surface area contributed by atoms with Gasteiger partial charge in [-0.15, -0.1) is 0 Å². The summed E-state index contributed by atoms with van der Waals surface area (Å²) in [5.41, 5.74) is 0. The van der Waals surface area contributed by atoms with Crippen molar-refractivity contribution in [1.29, 1.82) is 0 Å². The van der Waals surface area contributed by atoms with E-state index in [4.69, 9.17) is 0 Å². The number of hydrogen-bond donors (Lipinski definition) is 0. The van der Waals surface area contributed by atoms with Gasteiger partial charge in [-0.05, 0) is 12.3 Å². The van der Waals surface area contributed by atoms with Gasteiger partial charge in [-0.1, -0.05) is 13.3 Å². The van der Waals surface area contributed by atoms with Gasteiger partial charge in [0.1, 0.15) is 0 Å². The topological polar surface area (TPSA) is 3.24 Å². The van der Waals surface area contributed by atoms with E-state index in [2.05, 4.69) is 11.8 Å². The zero-order valence-corrected chi connectivity index (χ0v) is 5.43. The molecule has 46 valence electrons. The molecule has 3 aliphatic heterocycles. The highest BCUT2D eigenvalue weighted by atomic mass is 15.3. The van der Waals surface area contributed by atoms with Gasteiger partial charge < -0.3 is 0 Å². The molecule has 1 atom stereocenters. The van der Waals surface area contributed by atoms with E-state index in [1.165, 1.54) is 25.9 Å². The van der Waals surface area contributed by atoms with Crippen LogP contribution in [0.4, 0.5) is 0 Å². The number of nitrogens with zero attached hydrogens (tertiary/aromatic N) is 1. The molecule has 2 bridgehead atoms. The molecule has 0 aromatic rings. The molecule has 0 N–H and O–H groups in total. The van der Waals surface area contributed by atoms with Crippen LogP contribution in [0, 0.1) is 5.92 Å². The van der Waals surface area contributed by atoms with Crippen molar-refractivity contribution in [1.82, 2.24) is 4.90 Å². The molecule has 0 aromatic carbocycles. The molecule has 3 fully saturated rings. The summed E-state index contributed by atoms with van der Waals surface area (Å²) >= 11 is 0. The number of hydrogen-bond acceptors (Lipinski definition) is 1. The summed E-state index contributed by atoms with van der Waals surface area (Å²) in [7, 11) is 0. The van der Waals surface area contributed by atoms with Crippen molar-refractivity contribution in [3.05, 3.63) is 0 Å². The Labute approximate surface area is 50.7 Å². The Hall–Kier alpha value is -0.0400. The van der Waals surface area contributed by atoms with Crippen LogP contribution < -0.4 is 0 Å². The molecule has 0 aliphatic carbocycles. The first kappa shape index (κ1) is 4.80. The highest BCUT2D eigenvalue weighted by Crippen LogP contribution is 2.39. The van der Waals surface area contributed by atoms with Gasteiger partial charge in [-0.2, -0.15) is 0 Å². The zero-order valence-electron chi connectivity index (χ0n) is 5.43. The van der Waals surface area contributed by atoms with Crippen molar-refractivity contribution in [2.24, 2.45) is 5.92 Å². The third-order valence-electron chi connectivity index (χ3n) is 2.54. The van der Waals surface area contributed by atoms with Crippen LogP contribution in [-0.2, 0) is 0 Å². The van der Waals surface area contributed by atoms with Crippen molar-refractivity contribution in [3.8, 4) is 0 Å². The molecule has 0 radical (unpaired) electrons. The molecular formula is C7H13N. The maximum atomic E-state index is 2.58. The van der Waals surface area contributed by atoms with Crippen LogP contribution in [-0.4, -0.2) is 24.0 Å². The molecule has 1 unspecified atom stereocenters. The van der Waals surface area contributed by atoms with E-state index in [1.807, 2.05) is 0 Å². The normalized spacial score (nSPS) is 49.9. The summed E-state index contributed by atoms with van der Waals surface area (Å²) in [6.07, 6.45) is 2.82. The highest BCUT2D eigenvalue weighted by molar-refractivity contribution is 5.03. The second kappa shape index (κ2) is 1.47. The lowest BCUT2D eigenvalue weighted by molar-refractivity contribution is -0.124. The van der Waals surface area contributed by atoms with Crippen molar-refractivity contribution in [2.75, 3.05) is 13.1 Å². The van der Waals surface area contributed by atoms with Crippen molar-refractivity contribution in [2.45, 2.75) is 25.8 Å². The standard InChI is InChI=1S/C7H13N/c1-2-3-7-6-4-8(7)5-6/h6-7H,2-5H2,1H3. The summed E-state index contributed by atoms with van der Waals surface area (Å²) in [5.74, 6) is 1.12. The molecule has 0 spiro atoms. The third kappa shape index (κ3) is 0.408. The Balaban J connectivity index is 1.78. The summed E-state index contributed by atoms with van der Waals surface area (Å²) in [6.45, 7) is 5.12. The molecule has 0 aromatic heterocycles. The summed E-state index contributed by atoms with van der Waals surface area (Å²) in [5, 5.41) is 0. The monoisotopic (exact) mass is 111 g/mol. The fourth-order valence-corrected chi connectivity index (χ4v) is 1.80. The summed E-state index contributed by atoms with van der Waals surface area (Å²) < 4.78 is 0. The van der Waals surface area contributed by atoms with Crippen molar-refractivity contribution >= 4 is 0 Å². The van der Waals surface area contributed by atoms with Gasteiger partial charge in [-0.3, -0.25) is 4.90 Å². The predicted molar refractivity (Wildman–Crippen MR) is 33.8 cm³/mol. The largest absolute Gasteiger partial charge is 0.299 e. The Morgan fingerprint density at radius 3 is 2.25 bits per heavy atom. The van der Waals surface area contributed by atoms with E-state index in [1.54, 1.807) is 0 Å². The van der Waals surface area contributed by atoms with Gasteiger partial charge in [-0.25, -0.2) is 0 Å². The summed E-state index contributed by atoms with van der Waals surface area (Å²) in [4.78, 5) is 2.58. The lowest BCUT2D eigenvalue weighted by atomic mass is 9.75. The van der Waals surface area contributed by atoms with E-state index in [-0.39, 0.29) is 0 Å². The van der Waals surface area contributed by atoms with Crippen LogP contribution in [0.5, 0.6) is 0 Å². The zero-order chi connectivity index (χ0) is 5.56. The first-order valence-electron chi connectivity index (χ1n) is 3.66. The van der Waals surface area contributed by atoms with E-state index < -0.39 is 0 Å². The third-order valence-corrected chi connectivity index (χ3v) is 2.54. The van der Waals surface area contributed by atoms with E-state index in [0.717, 1.165) is 12.0 Å². The minimum Gasteiger partial charge on any atom is -0.299 e. The molecule has 1 heteroatoms. The Morgan fingerprint density at radius 1 is 1.50 bits per heavy atom. The Kier molecular flexibility index (Phi) is 0.884. The second-order valence-electron chi connectivity index (χ2n) is 3.07. The van der Waals surface area contributed by atoms with Crippen LogP contribution in [0.1, 0.15) is 19.8 Å². The average molecular weight is 111 g/mol. The fraction of sp³-hybridized carbons (Fsp3) is 1.00. The quantitative estimate of drug-likeness (QED) is 0.516. The Bertz CT molecular complexity index is 86.6. The molecule has 1 nitrogen and oxygen atoms in total. The molecular weight excluding hydrogens is 98.1 g/mol. The SMILES string of the molecule is CCCC1C2CN1C2. The molecule has 3 saturated heterocycles. The smallest absolute Gasteiger partial charge is 0.0148 e. The average Bonchev–Trinajstić information content (AvgIpc) is 1.53. The van der Waals surface area contributed by atoms with Crippen LogP contribution >= 0.6 is 0 Å². The van der Waals surface area contributed by atoms with E-state index >= 15 is 0 Å². The van der Waals surface area contributed by atoms with Gasteiger partial charge in [0, 0.05) is 19.1 Å². The predicted octanol–water partition coefficient (Wildman–Crippen LogP) is 1.10. The van der Waals surface area contributed by atoms with Crippen LogP contribution in [0.2, 0.25) is 0 Å². The molecule has 3 rings (SSSR count). The van der Waals surface area contributed by atoms with Crippen LogP contribution in [0.3, 0.4) is 0 Å². The lowest BCUT2D eigenvalue weighted by Gasteiger charge is -2.61. The molecule has 0 amide bonds. The summed E-state index contributed by atoms with van der Waals surface area (Å²) in [6, 6.07) is 1.03. The molecule has 3 heterocycles. The van der Waals surface area contributed by atoms with Gasteiger partial charge in [0.25, 0.3) is 0 Å². The molecule has 8 heavy (non-hydrogen) atoms. The van der Waals surface area contributed by atoms with Gasteiger partial charge in [0.05, 0.1) is 0 Å². The van der Waals surface area contributed by atoms with Crippen LogP contribution in [0.15, 0.2) is 0 Å². The maximum Gasteiger partial charge on any atom is 0.0148 e. The minimum atomic E-state index is 1.03. The lowest BCUT2D eigenvalue weighted by Crippen LogP contribution is -2.71. The van der Waals surface area contributed by atoms with Crippen molar-refractivity contribution in [3.63, 3.8) is 0 Å². The van der Waals surface area contributed by atoms with Crippen molar-refractivity contribution < 1.29 is 0 Å². The first-order valence-corrected chi connectivity index (χ1v) is 3.66. The Morgan fingerprint density at radius 2 is 2.12 bits per heavy atom. The van der Waals surface area contributed by atoms with Crippen LogP contribution in [0.25, 0.3) is 0 Å². The fourth-order valence-electron chi connectivity index (χ4n) is 1.80. The molecule has 3 aliphatic rings. The number of rotatable bonds is 2. The van der Waals surface area contributed by atoms with Gasteiger partial charge in [0.2, 0.25) is 0 Å². The maximum absolute atomic E-state index is 2.58. The van der Waals surface area contributed by atoms with E-state index in [0.29, 0.717) is 0 Å². The van der Waals surface area contributed by atoms with E-state index in [9.17, 15) is 0 Å².